The fraction of sp³-hybridized carbons (Fsp3) is 0.636. The van der Waals surface area contributed by atoms with Crippen LogP contribution in [-0.4, -0.2) is 23.3 Å². The molecule has 2 atom stereocenters. The summed E-state index contributed by atoms with van der Waals surface area (Å²) in [7, 11) is 0. The van der Waals surface area contributed by atoms with E-state index in [2.05, 4.69) is 22.0 Å². The van der Waals surface area contributed by atoms with Crippen LogP contribution in [0, 0.1) is 25.7 Å². The van der Waals surface area contributed by atoms with Crippen LogP contribution in [0.15, 0.2) is 0 Å². The summed E-state index contributed by atoms with van der Waals surface area (Å²) in [6.45, 7) is 6.39. The molecule has 1 aromatic heterocycles. The summed E-state index contributed by atoms with van der Waals surface area (Å²) >= 11 is 5.94. The Labute approximate surface area is 94.4 Å². The third-order valence-electron chi connectivity index (χ3n) is 3.72. The fourth-order valence-electron chi connectivity index (χ4n) is 2.44. The monoisotopic (exact) mass is 223 g/mol. The van der Waals surface area contributed by atoms with E-state index >= 15 is 0 Å². The summed E-state index contributed by atoms with van der Waals surface area (Å²) in [5, 5.41) is 8.75. The van der Waals surface area contributed by atoms with Crippen LogP contribution in [0.4, 0.5) is 5.82 Å². The van der Waals surface area contributed by atoms with Crippen LogP contribution in [0.3, 0.4) is 0 Å². The van der Waals surface area contributed by atoms with Gasteiger partial charge in [0.15, 0.2) is 11.0 Å². The average molecular weight is 224 g/mol. The predicted octanol–water partition coefficient (Wildman–Crippen LogP) is 2.20. The van der Waals surface area contributed by atoms with Gasteiger partial charge in [0.2, 0.25) is 0 Å². The molecule has 2 unspecified atom stereocenters. The van der Waals surface area contributed by atoms with Crippen molar-refractivity contribution in [2.75, 3.05) is 18.0 Å². The summed E-state index contributed by atoms with van der Waals surface area (Å²) in [6.07, 6.45) is 1.41. The van der Waals surface area contributed by atoms with Gasteiger partial charge in [-0.1, -0.05) is 11.6 Å². The Bertz CT molecular complexity index is 409. The highest BCUT2D eigenvalue weighted by Gasteiger charge is 2.45. The van der Waals surface area contributed by atoms with E-state index in [4.69, 9.17) is 11.6 Å². The Hall–Kier alpha value is -0.830. The van der Waals surface area contributed by atoms with Crippen molar-refractivity contribution in [3.63, 3.8) is 0 Å². The van der Waals surface area contributed by atoms with E-state index in [-0.39, 0.29) is 0 Å². The average Bonchev–Trinajstić information content (AvgIpc) is 2.83. The van der Waals surface area contributed by atoms with E-state index in [9.17, 15) is 0 Å². The SMILES string of the molecule is Cc1c(Cl)nnc(N2CC3CC3C2)c1C. The maximum atomic E-state index is 5.94. The van der Waals surface area contributed by atoms with E-state index in [1.807, 2.05) is 6.92 Å². The zero-order chi connectivity index (χ0) is 10.6. The summed E-state index contributed by atoms with van der Waals surface area (Å²) in [5.41, 5.74) is 2.23. The standard InChI is InChI=1S/C11H14ClN3/c1-6-7(2)11(14-13-10(6)12)15-4-8-3-9(8)5-15/h8-9H,3-5H2,1-2H3. The molecule has 4 heteroatoms. The third-order valence-corrected chi connectivity index (χ3v) is 4.08. The molecule has 0 spiro atoms. The summed E-state index contributed by atoms with van der Waals surface area (Å²) in [4.78, 5) is 2.35. The van der Waals surface area contributed by atoms with Gasteiger partial charge in [-0.2, -0.15) is 0 Å². The Morgan fingerprint density at radius 1 is 1.13 bits per heavy atom. The first kappa shape index (κ1) is 9.40. The van der Waals surface area contributed by atoms with Gasteiger partial charge in [0.05, 0.1) is 0 Å². The molecular weight excluding hydrogens is 210 g/mol. The minimum absolute atomic E-state index is 0.528. The van der Waals surface area contributed by atoms with Crippen molar-refractivity contribution < 1.29 is 0 Å². The normalized spacial score (nSPS) is 28.1. The highest BCUT2D eigenvalue weighted by atomic mass is 35.5. The van der Waals surface area contributed by atoms with Crippen LogP contribution in [0.5, 0.6) is 0 Å². The molecule has 15 heavy (non-hydrogen) atoms. The third kappa shape index (κ3) is 1.41. The molecule has 2 heterocycles. The minimum atomic E-state index is 0.528. The number of halogens is 1. The quantitative estimate of drug-likeness (QED) is 0.731. The second-order valence-corrected chi connectivity index (χ2v) is 5.08. The molecule has 1 saturated heterocycles. The van der Waals surface area contributed by atoms with E-state index in [1.54, 1.807) is 0 Å². The second-order valence-electron chi connectivity index (χ2n) is 4.73. The van der Waals surface area contributed by atoms with Crippen LogP contribution in [0.1, 0.15) is 17.5 Å². The summed E-state index contributed by atoms with van der Waals surface area (Å²) in [5.74, 6) is 2.87. The molecule has 2 aliphatic rings. The molecule has 1 aliphatic heterocycles. The zero-order valence-corrected chi connectivity index (χ0v) is 9.75. The first-order valence-electron chi connectivity index (χ1n) is 5.41. The van der Waals surface area contributed by atoms with Crippen molar-refractivity contribution >= 4 is 17.4 Å². The van der Waals surface area contributed by atoms with Crippen molar-refractivity contribution in [1.82, 2.24) is 10.2 Å². The largest absolute Gasteiger partial charge is 0.354 e. The molecule has 0 amide bonds. The van der Waals surface area contributed by atoms with Crippen LogP contribution >= 0.6 is 11.6 Å². The topological polar surface area (TPSA) is 29.0 Å². The molecule has 0 N–H and O–H groups in total. The number of hydrogen-bond acceptors (Lipinski definition) is 3. The number of rotatable bonds is 1. The molecular formula is C11H14ClN3. The number of anilines is 1. The molecule has 0 aromatic carbocycles. The Kier molecular flexibility index (Phi) is 1.93. The van der Waals surface area contributed by atoms with E-state index in [0.29, 0.717) is 5.15 Å². The molecule has 2 fully saturated rings. The molecule has 3 rings (SSSR count). The molecule has 0 bridgehead atoms. The maximum absolute atomic E-state index is 5.94. The van der Waals surface area contributed by atoms with Crippen molar-refractivity contribution in [3.05, 3.63) is 16.3 Å². The van der Waals surface area contributed by atoms with Gasteiger partial charge in [0, 0.05) is 13.1 Å². The molecule has 1 aromatic rings. The lowest BCUT2D eigenvalue weighted by atomic mass is 10.2. The van der Waals surface area contributed by atoms with Gasteiger partial charge in [0.1, 0.15) is 0 Å². The highest BCUT2D eigenvalue weighted by molar-refractivity contribution is 6.30. The van der Waals surface area contributed by atoms with Gasteiger partial charge < -0.3 is 4.90 Å². The van der Waals surface area contributed by atoms with Crippen molar-refractivity contribution in [1.29, 1.82) is 0 Å². The van der Waals surface area contributed by atoms with Crippen molar-refractivity contribution in [2.24, 2.45) is 11.8 Å². The lowest BCUT2D eigenvalue weighted by Gasteiger charge is -2.21. The molecule has 80 valence electrons. The first-order chi connectivity index (χ1) is 7.16. The van der Waals surface area contributed by atoms with E-state index in [0.717, 1.165) is 36.3 Å². The van der Waals surface area contributed by atoms with Crippen molar-refractivity contribution in [3.8, 4) is 0 Å². The molecule has 0 radical (unpaired) electrons. The molecule has 1 saturated carbocycles. The van der Waals surface area contributed by atoms with Gasteiger partial charge >= 0.3 is 0 Å². The Balaban J connectivity index is 1.94. The molecule has 1 aliphatic carbocycles. The smallest absolute Gasteiger partial charge is 0.155 e. The van der Waals surface area contributed by atoms with Gasteiger partial charge in [-0.15, -0.1) is 10.2 Å². The highest BCUT2D eigenvalue weighted by Crippen LogP contribution is 2.46. The number of fused-ring (bicyclic) bond motifs is 1. The Morgan fingerprint density at radius 3 is 2.47 bits per heavy atom. The molecule has 3 nitrogen and oxygen atoms in total. The lowest BCUT2D eigenvalue weighted by molar-refractivity contribution is 0.784. The number of aromatic nitrogens is 2. The summed E-state index contributed by atoms with van der Waals surface area (Å²) in [6, 6.07) is 0. The van der Waals surface area contributed by atoms with Gasteiger partial charge in [0.25, 0.3) is 0 Å². The van der Waals surface area contributed by atoms with Crippen molar-refractivity contribution in [2.45, 2.75) is 20.3 Å². The summed E-state index contributed by atoms with van der Waals surface area (Å²) < 4.78 is 0. The van der Waals surface area contributed by atoms with E-state index < -0.39 is 0 Å². The minimum Gasteiger partial charge on any atom is -0.354 e. The second kappa shape index (κ2) is 3.08. The van der Waals surface area contributed by atoms with Crippen LogP contribution < -0.4 is 4.90 Å². The Morgan fingerprint density at radius 2 is 1.80 bits per heavy atom. The number of hydrogen-bond donors (Lipinski definition) is 0. The van der Waals surface area contributed by atoms with Gasteiger partial charge in [-0.25, -0.2) is 0 Å². The van der Waals surface area contributed by atoms with Crippen LogP contribution in [0.2, 0.25) is 5.15 Å². The fourth-order valence-corrected chi connectivity index (χ4v) is 2.61. The number of piperidine rings is 1. The maximum Gasteiger partial charge on any atom is 0.155 e. The van der Waals surface area contributed by atoms with Gasteiger partial charge in [-0.3, -0.25) is 0 Å². The zero-order valence-electron chi connectivity index (χ0n) is 9.00. The lowest BCUT2D eigenvalue weighted by Crippen LogP contribution is -2.24. The number of nitrogens with zero attached hydrogens (tertiary/aromatic N) is 3. The van der Waals surface area contributed by atoms with Gasteiger partial charge in [-0.05, 0) is 43.2 Å². The first-order valence-corrected chi connectivity index (χ1v) is 5.79. The predicted molar refractivity (Wildman–Crippen MR) is 60.3 cm³/mol. The van der Waals surface area contributed by atoms with E-state index in [1.165, 1.54) is 12.0 Å². The van der Waals surface area contributed by atoms with Crippen LogP contribution in [0.25, 0.3) is 0 Å². The van der Waals surface area contributed by atoms with Crippen LogP contribution in [-0.2, 0) is 0 Å².